The van der Waals surface area contributed by atoms with E-state index in [1.807, 2.05) is 71.4 Å². The summed E-state index contributed by atoms with van der Waals surface area (Å²) in [7, 11) is 0. The van der Waals surface area contributed by atoms with Gasteiger partial charge in [-0.15, -0.1) is 0 Å². The Bertz CT molecular complexity index is 1280. The average Bonchev–Trinajstić information content (AvgIpc) is 3.37. The Morgan fingerprint density at radius 2 is 1.72 bits per heavy atom. The number of benzene rings is 2. The molecule has 2 aliphatic rings. The Kier molecular flexibility index (Phi) is 4.33. The fourth-order valence-electron chi connectivity index (χ4n) is 5.55. The van der Waals surface area contributed by atoms with E-state index in [1.54, 1.807) is 0 Å². The Hall–Kier alpha value is -3.26. The van der Waals surface area contributed by atoms with Crippen LogP contribution in [0.15, 0.2) is 73.2 Å². The summed E-state index contributed by atoms with van der Waals surface area (Å²) in [5.41, 5.74) is 2.91. The highest BCUT2D eigenvalue weighted by Gasteiger charge is 2.72. The number of hydrogen-bond donors (Lipinski definition) is 4. The van der Waals surface area contributed by atoms with Crippen LogP contribution in [0.5, 0.6) is 0 Å². The molecule has 162 valence electrons. The molecule has 0 bridgehead atoms. The molecule has 6 rings (SSSR count). The zero-order valence-electron chi connectivity index (χ0n) is 17.3. The quantitative estimate of drug-likeness (QED) is 0.390. The topological polar surface area (TPSA) is 103 Å². The summed E-state index contributed by atoms with van der Waals surface area (Å²) in [5, 5.41) is 35.6. The first-order valence-corrected chi connectivity index (χ1v) is 10.9. The van der Waals surface area contributed by atoms with Gasteiger partial charge in [-0.2, -0.15) is 0 Å². The van der Waals surface area contributed by atoms with Gasteiger partial charge in [0, 0.05) is 30.0 Å². The van der Waals surface area contributed by atoms with Crippen LogP contribution in [0.2, 0.25) is 0 Å². The monoisotopic (exact) mass is 428 g/mol. The first-order chi connectivity index (χ1) is 15.6. The van der Waals surface area contributed by atoms with Gasteiger partial charge in [-0.05, 0) is 30.0 Å². The van der Waals surface area contributed by atoms with Crippen molar-refractivity contribution in [1.82, 2.24) is 14.5 Å². The van der Waals surface area contributed by atoms with Gasteiger partial charge in [0.25, 0.3) is 0 Å². The van der Waals surface area contributed by atoms with Crippen LogP contribution < -0.4 is 5.32 Å². The third kappa shape index (κ3) is 2.65. The second kappa shape index (κ2) is 7.13. The molecule has 4 N–H and O–H groups in total. The number of nitrogens with zero attached hydrogens (tertiary/aromatic N) is 3. The molecule has 2 saturated carbocycles. The number of nitrogens with one attached hydrogen (secondary N) is 1. The Labute approximate surface area is 185 Å². The second-order valence-electron chi connectivity index (χ2n) is 8.77. The van der Waals surface area contributed by atoms with Crippen molar-refractivity contribution in [3.05, 3.63) is 73.2 Å². The number of aliphatic hydroxyl groups excluding tert-OH is 3. The molecule has 7 nitrogen and oxygen atoms in total. The molecular weight excluding hydrogens is 404 g/mol. The average molecular weight is 428 g/mol. The Balaban J connectivity index is 1.57. The fraction of sp³-hybridized carbons (Fsp3) is 0.280. The van der Waals surface area contributed by atoms with E-state index in [0.717, 1.165) is 22.2 Å². The van der Waals surface area contributed by atoms with E-state index in [-0.39, 0.29) is 18.4 Å². The third-order valence-electron chi connectivity index (χ3n) is 7.18. The SMILES string of the molecule is OC[C@@H]1C(O)[C@H](O)[C@@]2(n3cc(-c4ccccc4)c4c(Nc5ccccc5)ncnc43)C[C@@H]12. The molecule has 0 spiro atoms. The number of hydrogen-bond acceptors (Lipinski definition) is 6. The fourth-order valence-corrected chi connectivity index (χ4v) is 5.55. The van der Waals surface area contributed by atoms with Crippen molar-refractivity contribution in [3.63, 3.8) is 0 Å². The molecule has 0 aliphatic heterocycles. The molecular formula is C25H24N4O3. The largest absolute Gasteiger partial charge is 0.396 e. The van der Waals surface area contributed by atoms with Gasteiger partial charge in [0.05, 0.1) is 17.0 Å². The molecule has 32 heavy (non-hydrogen) atoms. The molecule has 4 aromatic rings. The zero-order chi connectivity index (χ0) is 21.9. The molecule has 2 fully saturated rings. The van der Waals surface area contributed by atoms with Crippen LogP contribution in [-0.2, 0) is 5.54 Å². The van der Waals surface area contributed by atoms with Crippen LogP contribution in [0.1, 0.15) is 6.42 Å². The predicted molar refractivity (Wildman–Crippen MR) is 121 cm³/mol. The molecule has 0 radical (unpaired) electrons. The van der Waals surface area contributed by atoms with Gasteiger partial charge >= 0.3 is 0 Å². The maximum absolute atomic E-state index is 11.0. The molecule has 2 heterocycles. The molecule has 5 atom stereocenters. The summed E-state index contributed by atoms with van der Waals surface area (Å²) < 4.78 is 2.01. The van der Waals surface area contributed by atoms with Gasteiger partial charge in [-0.25, -0.2) is 9.97 Å². The number of rotatable bonds is 5. The minimum absolute atomic E-state index is 0.00257. The number of aliphatic hydroxyl groups is 3. The first kappa shape index (κ1) is 19.4. The number of anilines is 2. The lowest BCUT2D eigenvalue weighted by molar-refractivity contribution is -0.0271. The number of para-hydroxylation sites is 1. The Morgan fingerprint density at radius 3 is 2.41 bits per heavy atom. The van der Waals surface area contributed by atoms with E-state index in [2.05, 4.69) is 15.3 Å². The van der Waals surface area contributed by atoms with Crippen molar-refractivity contribution in [2.45, 2.75) is 24.2 Å². The minimum Gasteiger partial charge on any atom is -0.396 e. The van der Waals surface area contributed by atoms with E-state index < -0.39 is 17.7 Å². The van der Waals surface area contributed by atoms with Crippen molar-refractivity contribution in [2.75, 3.05) is 11.9 Å². The molecule has 2 aromatic carbocycles. The van der Waals surface area contributed by atoms with Gasteiger partial charge in [0.15, 0.2) is 0 Å². The van der Waals surface area contributed by atoms with Crippen molar-refractivity contribution in [2.24, 2.45) is 11.8 Å². The highest BCUT2D eigenvalue weighted by molar-refractivity contribution is 6.02. The number of fused-ring (bicyclic) bond motifs is 2. The van der Waals surface area contributed by atoms with Gasteiger partial charge in [0.1, 0.15) is 23.9 Å². The molecule has 2 aliphatic carbocycles. The van der Waals surface area contributed by atoms with Crippen LogP contribution >= 0.6 is 0 Å². The summed E-state index contributed by atoms with van der Waals surface area (Å²) in [6.45, 7) is -0.148. The molecule has 0 amide bonds. The van der Waals surface area contributed by atoms with Crippen molar-refractivity contribution in [3.8, 4) is 11.1 Å². The van der Waals surface area contributed by atoms with Crippen LogP contribution in [-0.4, -0.2) is 48.7 Å². The van der Waals surface area contributed by atoms with E-state index >= 15 is 0 Å². The van der Waals surface area contributed by atoms with Gasteiger partial charge in [0.2, 0.25) is 0 Å². The molecule has 7 heteroatoms. The molecule has 2 aromatic heterocycles. The number of aromatic nitrogens is 3. The van der Waals surface area contributed by atoms with Gasteiger partial charge in [-0.1, -0.05) is 48.5 Å². The summed E-state index contributed by atoms with van der Waals surface area (Å²) >= 11 is 0. The van der Waals surface area contributed by atoms with Gasteiger partial charge < -0.3 is 25.2 Å². The second-order valence-corrected chi connectivity index (χ2v) is 8.77. The predicted octanol–water partition coefficient (Wildman–Crippen LogP) is 2.90. The van der Waals surface area contributed by atoms with Crippen molar-refractivity contribution in [1.29, 1.82) is 0 Å². The van der Waals surface area contributed by atoms with Gasteiger partial charge in [-0.3, -0.25) is 0 Å². The lowest BCUT2D eigenvalue weighted by Crippen LogP contribution is -2.38. The highest BCUT2D eigenvalue weighted by atomic mass is 16.3. The maximum Gasteiger partial charge on any atom is 0.146 e. The zero-order valence-corrected chi connectivity index (χ0v) is 17.3. The van der Waals surface area contributed by atoms with E-state index in [9.17, 15) is 15.3 Å². The maximum atomic E-state index is 11.0. The minimum atomic E-state index is -0.968. The van der Waals surface area contributed by atoms with Crippen LogP contribution in [0.3, 0.4) is 0 Å². The lowest BCUT2D eigenvalue weighted by Gasteiger charge is -2.24. The molecule has 1 unspecified atom stereocenters. The summed E-state index contributed by atoms with van der Waals surface area (Å²) in [6.07, 6.45) is 2.30. The van der Waals surface area contributed by atoms with Crippen molar-refractivity contribution < 1.29 is 15.3 Å². The summed E-state index contributed by atoms with van der Waals surface area (Å²) in [6, 6.07) is 19.9. The van der Waals surface area contributed by atoms with Crippen molar-refractivity contribution >= 4 is 22.5 Å². The van der Waals surface area contributed by atoms with E-state index in [1.165, 1.54) is 6.33 Å². The third-order valence-corrected chi connectivity index (χ3v) is 7.18. The van der Waals surface area contributed by atoms with Crippen LogP contribution in [0.4, 0.5) is 11.5 Å². The molecule has 0 saturated heterocycles. The lowest BCUT2D eigenvalue weighted by atomic mass is 10.0. The smallest absolute Gasteiger partial charge is 0.146 e. The van der Waals surface area contributed by atoms with Crippen LogP contribution in [0, 0.1) is 11.8 Å². The highest BCUT2D eigenvalue weighted by Crippen LogP contribution is 2.65. The normalized spacial score (nSPS) is 28.6. The summed E-state index contributed by atoms with van der Waals surface area (Å²) in [5.74, 6) is 0.336. The van der Waals surface area contributed by atoms with E-state index in [0.29, 0.717) is 17.9 Å². The van der Waals surface area contributed by atoms with Crippen LogP contribution in [0.25, 0.3) is 22.2 Å². The standard InChI is InChI=1S/C25H24N4O3/c30-13-18-19-11-25(19,22(32)21(18)31)29-12-17(15-7-3-1-4-8-15)20-23(26-14-27-24(20)29)28-16-9-5-2-6-10-16/h1-10,12,14,18-19,21-22,30-32H,11,13H2,(H,26,27,28)/t18-,19-,21?,22-,25+/m0/s1. The van der Waals surface area contributed by atoms with E-state index in [4.69, 9.17) is 0 Å². The summed E-state index contributed by atoms with van der Waals surface area (Å²) in [4.78, 5) is 9.16. The Morgan fingerprint density at radius 1 is 1.00 bits per heavy atom. The first-order valence-electron chi connectivity index (χ1n) is 10.9.